The van der Waals surface area contributed by atoms with Crippen LogP contribution in [0.4, 0.5) is 9.18 Å². The Bertz CT molecular complexity index is 791. The fourth-order valence-corrected chi connectivity index (χ4v) is 2.94. The minimum absolute atomic E-state index is 0.0221. The van der Waals surface area contributed by atoms with Crippen molar-refractivity contribution in [2.45, 2.75) is 39.0 Å². The van der Waals surface area contributed by atoms with Gasteiger partial charge < -0.3 is 15.1 Å². The van der Waals surface area contributed by atoms with Gasteiger partial charge >= 0.3 is 6.03 Å². The molecule has 3 rings (SSSR count). The third kappa shape index (κ3) is 5.29. The van der Waals surface area contributed by atoms with Gasteiger partial charge in [0.1, 0.15) is 5.82 Å². The van der Waals surface area contributed by atoms with Gasteiger partial charge in [0, 0.05) is 19.0 Å². The third-order valence-corrected chi connectivity index (χ3v) is 4.25. The van der Waals surface area contributed by atoms with E-state index < -0.39 is 0 Å². The Hall–Kier alpha value is -2.89. The van der Waals surface area contributed by atoms with Crippen LogP contribution in [0.25, 0.3) is 0 Å². The van der Waals surface area contributed by atoms with Gasteiger partial charge in [-0.15, -0.1) is 0 Å². The molecule has 2 aromatic rings. The molecule has 6 heteroatoms. The van der Waals surface area contributed by atoms with Crippen LogP contribution in [0.5, 0.6) is 0 Å². The Morgan fingerprint density at radius 3 is 2.59 bits per heavy atom. The summed E-state index contributed by atoms with van der Waals surface area (Å²) in [6.45, 7) is 4.60. The van der Waals surface area contributed by atoms with E-state index in [1.807, 2.05) is 44.2 Å². The van der Waals surface area contributed by atoms with Crippen molar-refractivity contribution in [1.82, 2.24) is 10.2 Å². The molecule has 0 spiro atoms. The van der Waals surface area contributed by atoms with Crippen molar-refractivity contribution >= 4 is 11.7 Å². The molecule has 0 saturated carbocycles. The molecule has 2 amide bonds. The van der Waals surface area contributed by atoms with Crippen LogP contribution < -0.4 is 5.32 Å². The molecule has 1 heterocycles. The van der Waals surface area contributed by atoms with Crippen LogP contribution in [-0.2, 0) is 11.4 Å². The van der Waals surface area contributed by atoms with Crippen molar-refractivity contribution in [3.05, 3.63) is 71.5 Å². The topological polar surface area (TPSA) is 53.9 Å². The average molecular weight is 369 g/mol. The standard InChI is InChI=1S/C21H24FN3O2/c1-15(2)23-21(26)25(13-16-8-10-18(22)11-9-16)14-19-12-20(24-27-19)17-6-4-3-5-7-17/h3-11,15,19H,12-14H2,1-2H3,(H,23,26). The molecule has 5 nitrogen and oxygen atoms in total. The van der Waals surface area contributed by atoms with E-state index in [9.17, 15) is 9.18 Å². The van der Waals surface area contributed by atoms with Crippen LogP contribution >= 0.6 is 0 Å². The van der Waals surface area contributed by atoms with Gasteiger partial charge in [-0.2, -0.15) is 0 Å². The second kappa shape index (κ2) is 8.66. The maximum absolute atomic E-state index is 13.2. The first-order chi connectivity index (χ1) is 13.0. The molecule has 0 aromatic heterocycles. The number of halogens is 1. The quantitative estimate of drug-likeness (QED) is 0.839. The van der Waals surface area contributed by atoms with Crippen LogP contribution in [0, 0.1) is 5.82 Å². The van der Waals surface area contributed by atoms with Gasteiger partial charge in [-0.25, -0.2) is 9.18 Å². The zero-order valence-electron chi connectivity index (χ0n) is 15.6. The number of nitrogens with zero attached hydrogens (tertiary/aromatic N) is 2. The van der Waals surface area contributed by atoms with Crippen LogP contribution in [0.2, 0.25) is 0 Å². The highest BCUT2D eigenvalue weighted by atomic mass is 19.1. The second-order valence-corrected chi connectivity index (χ2v) is 6.95. The Kier molecular flexibility index (Phi) is 6.06. The summed E-state index contributed by atoms with van der Waals surface area (Å²) >= 11 is 0. The largest absolute Gasteiger partial charge is 0.390 e. The molecule has 27 heavy (non-hydrogen) atoms. The predicted molar refractivity (Wildman–Crippen MR) is 103 cm³/mol. The van der Waals surface area contributed by atoms with E-state index in [1.54, 1.807) is 17.0 Å². The number of oxime groups is 1. The summed E-state index contributed by atoms with van der Waals surface area (Å²) in [6, 6.07) is 15.9. The lowest BCUT2D eigenvalue weighted by Crippen LogP contribution is -2.45. The van der Waals surface area contributed by atoms with Crippen LogP contribution in [0.1, 0.15) is 31.4 Å². The van der Waals surface area contributed by atoms with E-state index in [0.29, 0.717) is 19.5 Å². The summed E-state index contributed by atoms with van der Waals surface area (Å²) < 4.78 is 13.2. The molecule has 0 fully saturated rings. The van der Waals surface area contributed by atoms with Crippen LogP contribution in [0.15, 0.2) is 59.8 Å². The maximum Gasteiger partial charge on any atom is 0.318 e. The van der Waals surface area contributed by atoms with Crippen molar-refractivity contribution < 1.29 is 14.0 Å². The highest BCUT2D eigenvalue weighted by Gasteiger charge is 2.27. The van der Waals surface area contributed by atoms with Crippen molar-refractivity contribution in [2.75, 3.05) is 6.54 Å². The number of amides is 2. The van der Waals surface area contributed by atoms with Crippen LogP contribution in [0.3, 0.4) is 0 Å². The number of benzene rings is 2. The molecular weight excluding hydrogens is 345 g/mol. The Morgan fingerprint density at radius 2 is 1.93 bits per heavy atom. The molecule has 1 atom stereocenters. The number of carbonyl (C=O) groups excluding carboxylic acids is 1. The molecule has 0 radical (unpaired) electrons. The summed E-state index contributed by atoms with van der Waals surface area (Å²) in [4.78, 5) is 19.9. The lowest BCUT2D eigenvalue weighted by Gasteiger charge is -2.26. The maximum atomic E-state index is 13.2. The van der Waals surface area contributed by atoms with E-state index in [2.05, 4.69) is 10.5 Å². The van der Waals surface area contributed by atoms with E-state index in [-0.39, 0.29) is 24.0 Å². The molecule has 1 aliphatic heterocycles. The van der Waals surface area contributed by atoms with Gasteiger partial charge in [0.2, 0.25) is 0 Å². The number of carbonyl (C=O) groups is 1. The Labute approximate surface area is 158 Å². The molecule has 0 bridgehead atoms. The fourth-order valence-electron chi connectivity index (χ4n) is 2.94. The summed E-state index contributed by atoms with van der Waals surface area (Å²) in [7, 11) is 0. The molecule has 1 aliphatic rings. The first-order valence-corrected chi connectivity index (χ1v) is 9.09. The lowest BCUT2D eigenvalue weighted by atomic mass is 10.0. The van der Waals surface area contributed by atoms with Crippen molar-refractivity contribution in [1.29, 1.82) is 0 Å². The fraction of sp³-hybridized carbons (Fsp3) is 0.333. The van der Waals surface area contributed by atoms with Crippen molar-refractivity contribution in [2.24, 2.45) is 5.16 Å². The van der Waals surface area contributed by atoms with Crippen molar-refractivity contribution in [3.8, 4) is 0 Å². The minimum Gasteiger partial charge on any atom is -0.390 e. The monoisotopic (exact) mass is 369 g/mol. The van der Waals surface area contributed by atoms with Gasteiger partial charge in [-0.05, 0) is 37.1 Å². The molecule has 1 unspecified atom stereocenters. The smallest absolute Gasteiger partial charge is 0.318 e. The Balaban J connectivity index is 1.66. The molecule has 0 saturated heterocycles. The zero-order chi connectivity index (χ0) is 19.2. The number of urea groups is 1. The molecule has 0 aliphatic carbocycles. The molecular formula is C21H24FN3O2. The molecule has 2 aromatic carbocycles. The third-order valence-electron chi connectivity index (χ3n) is 4.25. The van der Waals surface area contributed by atoms with Gasteiger partial charge in [0.15, 0.2) is 6.10 Å². The zero-order valence-corrected chi connectivity index (χ0v) is 15.6. The number of rotatable bonds is 6. The number of hydrogen-bond donors (Lipinski definition) is 1. The summed E-state index contributed by atoms with van der Waals surface area (Å²) in [5, 5.41) is 7.10. The van der Waals surface area contributed by atoms with E-state index >= 15 is 0 Å². The highest BCUT2D eigenvalue weighted by molar-refractivity contribution is 6.01. The first kappa shape index (κ1) is 18.9. The SMILES string of the molecule is CC(C)NC(=O)N(Cc1ccc(F)cc1)CC1CC(c2ccccc2)=NO1. The normalized spacial score (nSPS) is 16.0. The summed E-state index contributed by atoms with van der Waals surface area (Å²) in [5.41, 5.74) is 2.76. The summed E-state index contributed by atoms with van der Waals surface area (Å²) in [6.07, 6.45) is 0.428. The second-order valence-electron chi connectivity index (χ2n) is 6.95. The number of nitrogens with one attached hydrogen (secondary N) is 1. The minimum atomic E-state index is -0.294. The number of hydrogen-bond acceptors (Lipinski definition) is 3. The molecule has 1 N–H and O–H groups in total. The van der Waals surface area contributed by atoms with Gasteiger partial charge in [-0.3, -0.25) is 0 Å². The van der Waals surface area contributed by atoms with Crippen molar-refractivity contribution in [3.63, 3.8) is 0 Å². The van der Waals surface area contributed by atoms with E-state index in [0.717, 1.165) is 16.8 Å². The summed E-state index contributed by atoms with van der Waals surface area (Å²) in [5.74, 6) is -0.294. The van der Waals surface area contributed by atoms with E-state index in [4.69, 9.17) is 4.84 Å². The Morgan fingerprint density at radius 1 is 1.22 bits per heavy atom. The van der Waals surface area contributed by atoms with Gasteiger partial charge in [0.05, 0.1) is 12.3 Å². The highest BCUT2D eigenvalue weighted by Crippen LogP contribution is 2.19. The van der Waals surface area contributed by atoms with Crippen LogP contribution in [-0.4, -0.2) is 35.3 Å². The van der Waals surface area contributed by atoms with E-state index in [1.165, 1.54) is 12.1 Å². The first-order valence-electron chi connectivity index (χ1n) is 9.09. The lowest BCUT2D eigenvalue weighted by molar-refractivity contribution is 0.0586. The van der Waals surface area contributed by atoms with Gasteiger partial charge in [0.25, 0.3) is 0 Å². The predicted octanol–water partition coefficient (Wildman–Crippen LogP) is 3.94. The molecule has 142 valence electrons. The van der Waals surface area contributed by atoms with Gasteiger partial charge in [-0.1, -0.05) is 47.6 Å². The average Bonchev–Trinajstić information content (AvgIpc) is 3.12.